The van der Waals surface area contributed by atoms with Crippen molar-refractivity contribution in [3.8, 4) is 10.7 Å². The van der Waals surface area contributed by atoms with Crippen LogP contribution in [0.5, 0.6) is 0 Å². The minimum Gasteiger partial charge on any atom is -0.353 e. The standard InChI is InChI=1S/C18H27N5OS2/c1-17(2)9-12(10-18(3,4)22-17)19-14(24)11-26-16-21-20-15(23(16)5)13-7-6-8-25-13/h6-8,12,22H,9-11H2,1-5H3,(H,19,24). The van der Waals surface area contributed by atoms with Crippen LogP contribution >= 0.6 is 23.1 Å². The van der Waals surface area contributed by atoms with Crippen LogP contribution in [-0.4, -0.2) is 43.5 Å². The summed E-state index contributed by atoms with van der Waals surface area (Å²) in [6, 6.07) is 4.21. The lowest BCUT2D eigenvalue weighted by Crippen LogP contribution is -2.62. The van der Waals surface area contributed by atoms with Crippen molar-refractivity contribution >= 4 is 29.0 Å². The highest BCUT2D eigenvalue weighted by molar-refractivity contribution is 7.99. The largest absolute Gasteiger partial charge is 0.353 e. The molecule has 26 heavy (non-hydrogen) atoms. The van der Waals surface area contributed by atoms with Crippen LogP contribution in [-0.2, 0) is 11.8 Å². The van der Waals surface area contributed by atoms with Crippen molar-refractivity contribution < 1.29 is 4.79 Å². The molecule has 0 spiro atoms. The van der Waals surface area contributed by atoms with Gasteiger partial charge in [-0.3, -0.25) is 4.79 Å². The minimum absolute atomic E-state index is 0.0199. The van der Waals surface area contributed by atoms with Crippen molar-refractivity contribution in [2.75, 3.05) is 5.75 Å². The zero-order valence-electron chi connectivity index (χ0n) is 16.0. The highest BCUT2D eigenvalue weighted by atomic mass is 32.2. The molecule has 142 valence electrons. The first-order chi connectivity index (χ1) is 12.2. The van der Waals surface area contributed by atoms with Crippen molar-refractivity contribution in [3.05, 3.63) is 17.5 Å². The van der Waals surface area contributed by atoms with Crippen LogP contribution in [0.1, 0.15) is 40.5 Å². The maximum Gasteiger partial charge on any atom is 0.230 e. The number of aromatic nitrogens is 3. The van der Waals surface area contributed by atoms with Gasteiger partial charge in [0.05, 0.1) is 10.6 Å². The van der Waals surface area contributed by atoms with Gasteiger partial charge in [-0.05, 0) is 52.0 Å². The molecular weight excluding hydrogens is 366 g/mol. The lowest BCUT2D eigenvalue weighted by molar-refractivity contribution is -0.119. The van der Waals surface area contributed by atoms with E-state index in [-0.39, 0.29) is 23.0 Å². The first-order valence-electron chi connectivity index (χ1n) is 8.80. The second-order valence-corrected chi connectivity index (χ2v) is 10.1. The maximum absolute atomic E-state index is 12.4. The van der Waals surface area contributed by atoms with Crippen LogP contribution in [0.3, 0.4) is 0 Å². The number of hydrogen-bond acceptors (Lipinski definition) is 6. The van der Waals surface area contributed by atoms with Crippen LogP contribution in [0.4, 0.5) is 0 Å². The Morgan fingerprint density at radius 2 is 2.04 bits per heavy atom. The molecule has 0 bridgehead atoms. The molecule has 8 heteroatoms. The normalized spacial score (nSPS) is 19.4. The molecule has 2 aromatic heterocycles. The van der Waals surface area contributed by atoms with Gasteiger partial charge in [0.2, 0.25) is 5.91 Å². The summed E-state index contributed by atoms with van der Waals surface area (Å²) >= 11 is 3.06. The van der Waals surface area contributed by atoms with E-state index in [0.717, 1.165) is 28.7 Å². The maximum atomic E-state index is 12.4. The summed E-state index contributed by atoms with van der Waals surface area (Å²) in [5.74, 6) is 1.24. The third kappa shape index (κ3) is 4.66. The van der Waals surface area contributed by atoms with Gasteiger partial charge < -0.3 is 15.2 Å². The Kier molecular flexibility index (Phi) is 5.46. The number of rotatable bonds is 5. The Bertz CT molecular complexity index is 751. The average Bonchev–Trinajstić information content (AvgIpc) is 3.11. The SMILES string of the molecule is Cn1c(SCC(=O)NC2CC(C)(C)NC(C)(C)C2)nnc1-c1cccs1. The van der Waals surface area contributed by atoms with Gasteiger partial charge in [0.15, 0.2) is 11.0 Å². The van der Waals surface area contributed by atoms with E-state index in [1.54, 1.807) is 11.3 Å². The van der Waals surface area contributed by atoms with E-state index in [1.807, 2.05) is 29.1 Å². The molecule has 2 N–H and O–H groups in total. The van der Waals surface area contributed by atoms with E-state index in [9.17, 15) is 4.79 Å². The highest BCUT2D eigenvalue weighted by Crippen LogP contribution is 2.29. The fraction of sp³-hybridized carbons (Fsp3) is 0.611. The molecule has 0 unspecified atom stereocenters. The lowest BCUT2D eigenvalue weighted by Gasteiger charge is -2.46. The summed E-state index contributed by atoms with van der Waals surface area (Å²) in [6.45, 7) is 8.75. The average molecular weight is 394 g/mol. The quantitative estimate of drug-likeness (QED) is 0.764. The molecule has 0 radical (unpaired) electrons. The molecule has 3 heterocycles. The van der Waals surface area contributed by atoms with Crippen molar-refractivity contribution in [1.82, 2.24) is 25.4 Å². The van der Waals surface area contributed by atoms with E-state index in [2.05, 4.69) is 48.5 Å². The van der Waals surface area contributed by atoms with Crippen molar-refractivity contribution in [2.45, 2.75) is 62.8 Å². The topological polar surface area (TPSA) is 71.8 Å². The van der Waals surface area contributed by atoms with Crippen LogP contribution in [0.15, 0.2) is 22.7 Å². The predicted molar refractivity (Wildman–Crippen MR) is 107 cm³/mol. The Balaban J connectivity index is 1.56. The summed E-state index contributed by atoms with van der Waals surface area (Å²) in [6.07, 6.45) is 1.86. The van der Waals surface area contributed by atoms with E-state index in [0.29, 0.717) is 5.75 Å². The number of hydrogen-bond donors (Lipinski definition) is 2. The summed E-state index contributed by atoms with van der Waals surface area (Å²) in [5, 5.41) is 18.1. The molecule has 6 nitrogen and oxygen atoms in total. The third-order valence-corrected chi connectivity index (χ3v) is 6.35. The van der Waals surface area contributed by atoms with Crippen LogP contribution in [0.25, 0.3) is 10.7 Å². The van der Waals surface area contributed by atoms with E-state index in [4.69, 9.17) is 0 Å². The van der Waals surface area contributed by atoms with Crippen molar-refractivity contribution in [3.63, 3.8) is 0 Å². The number of nitrogens with one attached hydrogen (secondary N) is 2. The molecule has 1 amide bonds. The Morgan fingerprint density at radius 3 is 2.65 bits per heavy atom. The van der Waals surface area contributed by atoms with E-state index < -0.39 is 0 Å². The third-order valence-electron chi connectivity index (χ3n) is 4.46. The van der Waals surface area contributed by atoms with Gasteiger partial charge in [-0.1, -0.05) is 17.8 Å². The van der Waals surface area contributed by atoms with Crippen molar-refractivity contribution in [2.24, 2.45) is 7.05 Å². The first kappa shape index (κ1) is 19.4. The molecular formula is C18H27N5OS2. The summed E-state index contributed by atoms with van der Waals surface area (Å²) in [5.41, 5.74) is 0.0398. The Morgan fingerprint density at radius 1 is 1.35 bits per heavy atom. The number of amides is 1. The predicted octanol–water partition coefficient (Wildman–Crippen LogP) is 3.06. The lowest BCUT2D eigenvalue weighted by atomic mass is 9.79. The molecule has 1 aliphatic rings. The molecule has 2 aromatic rings. The fourth-order valence-electron chi connectivity index (χ4n) is 3.88. The summed E-state index contributed by atoms with van der Waals surface area (Å²) in [4.78, 5) is 13.5. The van der Waals surface area contributed by atoms with Gasteiger partial charge in [0.25, 0.3) is 0 Å². The summed E-state index contributed by atoms with van der Waals surface area (Å²) in [7, 11) is 1.94. The highest BCUT2D eigenvalue weighted by Gasteiger charge is 2.38. The molecule has 1 fully saturated rings. The zero-order valence-corrected chi connectivity index (χ0v) is 17.6. The second-order valence-electron chi connectivity index (χ2n) is 8.20. The van der Waals surface area contributed by atoms with Crippen LogP contribution in [0.2, 0.25) is 0 Å². The number of nitrogens with zero attached hydrogens (tertiary/aromatic N) is 3. The number of thioether (sulfide) groups is 1. The van der Waals surface area contributed by atoms with Gasteiger partial charge >= 0.3 is 0 Å². The van der Waals surface area contributed by atoms with Gasteiger partial charge in [-0.15, -0.1) is 21.5 Å². The minimum atomic E-state index is 0.0199. The van der Waals surface area contributed by atoms with Gasteiger partial charge in [-0.2, -0.15) is 0 Å². The van der Waals surface area contributed by atoms with Gasteiger partial charge in [-0.25, -0.2) is 0 Å². The van der Waals surface area contributed by atoms with Gasteiger partial charge in [0.1, 0.15) is 0 Å². The monoisotopic (exact) mass is 393 g/mol. The Labute approximate surface area is 163 Å². The molecule has 0 saturated carbocycles. The smallest absolute Gasteiger partial charge is 0.230 e. The molecule has 0 atom stereocenters. The second kappa shape index (κ2) is 7.32. The van der Waals surface area contributed by atoms with Crippen LogP contribution < -0.4 is 10.6 Å². The Hall–Kier alpha value is -1.38. The van der Waals surface area contributed by atoms with E-state index >= 15 is 0 Å². The van der Waals surface area contributed by atoms with Gasteiger partial charge in [0, 0.05) is 24.2 Å². The molecule has 0 aliphatic carbocycles. The summed E-state index contributed by atoms with van der Waals surface area (Å²) < 4.78 is 1.94. The number of carbonyl (C=O) groups excluding carboxylic acids is 1. The molecule has 1 aliphatic heterocycles. The number of thiophene rings is 1. The molecule has 1 saturated heterocycles. The van der Waals surface area contributed by atoms with Crippen molar-refractivity contribution in [1.29, 1.82) is 0 Å². The molecule has 0 aromatic carbocycles. The van der Waals surface area contributed by atoms with Crippen LogP contribution in [0, 0.1) is 0 Å². The number of carbonyl (C=O) groups is 1. The van der Waals surface area contributed by atoms with E-state index in [1.165, 1.54) is 11.8 Å². The number of piperidine rings is 1. The fourth-order valence-corrected chi connectivity index (χ4v) is 5.35. The zero-order chi connectivity index (χ0) is 18.9. The first-order valence-corrected chi connectivity index (χ1v) is 10.7. The molecule has 3 rings (SSSR count).